The van der Waals surface area contributed by atoms with Gasteiger partial charge in [-0.15, -0.1) is 5.10 Å². The van der Waals surface area contributed by atoms with Gasteiger partial charge < -0.3 is 15.5 Å². The lowest BCUT2D eigenvalue weighted by molar-refractivity contribution is 0.503. The van der Waals surface area contributed by atoms with E-state index < -0.39 is 0 Å². The summed E-state index contributed by atoms with van der Waals surface area (Å²) >= 11 is 0. The monoisotopic (exact) mass is 260 g/mol. The highest BCUT2D eigenvalue weighted by molar-refractivity contribution is 5.31. The summed E-state index contributed by atoms with van der Waals surface area (Å²) in [5, 5.41) is 10.9. The van der Waals surface area contributed by atoms with E-state index in [1.54, 1.807) is 0 Å². The number of hydrogen-bond donors (Lipinski definition) is 2. The van der Waals surface area contributed by atoms with Gasteiger partial charge in [0.15, 0.2) is 0 Å². The van der Waals surface area contributed by atoms with Crippen LogP contribution in [0.5, 0.6) is 0 Å². The van der Waals surface area contributed by atoms with Crippen LogP contribution in [0.15, 0.2) is 28.7 Å². The second-order valence-corrected chi connectivity index (χ2v) is 4.89. The van der Waals surface area contributed by atoms with E-state index in [9.17, 15) is 0 Å². The highest BCUT2D eigenvalue weighted by atomic mass is 16.4. The molecule has 2 aromatic rings. The number of hydrogen-bond acceptors (Lipinski definition) is 5. The van der Waals surface area contributed by atoms with E-state index in [0.717, 1.165) is 0 Å². The molecule has 5 nitrogen and oxygen atoms in total. The van der Waals surface area contributed by atoms with Crippen molar-refractivity contribution in [3.63, 3.8) is 0 Å². The van der Waals surface area contributed by atoms with Crippen LogP contribution in [0.1, 0.15) is 49.7 Å². The van der Waals surface area contributed by atoms with Crippen LogP contribution in [0.25, 0.3) is 0 Å². The molecule has 0 aliphatic rings. The van der Waals surface area contributed by atoms with Gasteiger partial charge in [-0.1, -0.05) is 43.2 Å². The van der Waals surface area contributed by atoms with Crippen LogP contribution in [0.2, 0.25) is 0 Å². The molecule has 3 N–H and O–H groups in total. The Kier molecular flexibility index (Phi) is 4.16. The van der Waals surface area contributed by atoms with Crippen LogP contribution in [-0.4, -0.2) is 10.2 Å². The Hall–Kier alpha value is -1.88. The van der Waals surface area contributed by atoms with E-state index in [0.29, 0.717) is 17.8 Å². The molecule has 0 saturated heterocycles. The number of benzene rings is 1. The fraction of sp³-hybridized carbons (Fsp3) is 0.429. The molecule has 0 saturated carbocycles. The standard InChI is InChI=1S/C14H20N4O/c1-9(2)11-4-6-12(7-5-11)10(3)16-14-18-17-13(8-15)19-14/h4-7,9-10H,8,15H2,1-3H3,(H,16,18). The molecule has 0 bridgehead atoms. The van der Waals surface area contributed by atoms with Crippen LogP contribution >= 0.6 is 0 Å². The maximum Gasteiger partial charge on any atom is 0.315 e. The molecule has 5 heteroatoms. The van der Waals surface area contributed by atoms with Crippen LogP contribution < -0.4 is 11.1 Å². The summed E-state index contributed by atoms with van der Waals surface area (Å²) in [7, 11) is 0. The molecule has 1 aromatic heterocycles. The van der Waals surface area contributed by atoms with Crippen molar-refractivity contribution in [2.75, 3.05) is 5.32 Å². The Labute approximate surface area is 113 Å². The van der Waals surface area contributed by atoms with Crippen molar-refractivity contribution < 1.29 is 4.42 Å². The minimum absolute atomic E-state index is 0.104. The average Bonchev–Trinajstić information content (AvgIpc) is 2.86. The second kappa shape index (κ2) is 5.84. The quantitative estimate of drug-likeness (QED) is 0.864. The fourth-order valence-corrected chi connectivity index (χ4v) is 1.83. The summed E-state index contributed by atoms with van der Waals surface area (Å²) < 4.78 is 5.33. The lowest BCUT2D eigenvalue weighted by atomic mass is 10.00. The molecule has 0 spiro atoms. The summed E-state index contributed by atoms with van der Waals surface area (Å²) in [6.45, 7) is 6.68. The summed E-state index contributed by atoms with van der Waals surface area (Å²) in [5.41, 5.74) is 7.94. The zero-order valence-corrected chi connectivity index (χ0v) is 11.6. The third kappa shape index (κ3) is 3.32. The molecule has 0 aliphatic carbocycles. The number of rotatable bonds is 5. The van der Waals surface area contributed by atoms with Gasteiger partial charge in [-0.3, -0.25) is 0 Å². The van der Waals surface area contributed by atoms with Crippen molar-refractivity contribution in [2.45, 2.75) is 39.3 Å². The molecule has 0 aliphatic heterocycles. The second-order valence-electron chi connectivity index (χ2n) is 4.89. The molecule has 1 atom stereocenters. The molecule has 1 heterocycles. The molecule has 0 amide bonds. The van der Waals surface area contributed by atoms with Crippen molar-refractivity contribution in [3.8, 4) is 0 Å². The van der Waals surface area contributed by atoms with Crippen LogP contribution in [0, 0.1) is 0 Å². The number of nitrogens with one attached hydrogen (secondary N) is 1. The van der Waals surface area contributed by atoms with E-state index in [2.05, 4.69) is 60.6 Å². The van der Waals surface area contributed by atoms with E-state index >= 15 is 0 Å². The SMILES string of the molecule is CC(C)c1ccc(C(C)Nc2nnc(CN)o2)cc1. The molecular formula is C14H20N4O. The third-order valence-electron chi connectivity index (χ3n) is 3.08. The molecule has 0 fully saturated rings. The topological polar surface area (TPSA) is 77.0 Å². The van der Waals surface area contributed by atoms with Gasteiger partial charge >= 0.3 is 6.01 Å². The van der Waals surface area contributed by atoms with Crippen molar-refractivity contribution in [3.05, 3.63) is 41.3 Å². The predicted molar refractivity (Wildman–Crippen MR) is 74.8 cm³/mol. The van der Waals surface area contributed by atoms with Gasteiger partial charge in [-0.25, -0.2) is 0 Å². The van der Waals surface area contributed by atoms with Gasteiger partial charge in [0.25, 0.3) is 0 Å². The summed E-state index contributed by atoms with van der Waals surface area (Å²) in [6.07, 6.45) is 0. The fourth-order valence-electron chi connectivity index (χ4n) is 1.83. The predicted octanol–water partition coefficient (Wildman–Crippen LogP) is 2.82. The number of nitrogens with two attached hydrogens (primary N) is 1. The first-order chi connectivity index (χ1) is 9.10. The summed E-state index contributed by atoms with van der Waals surface area (Å²) in [5.74, 6) is 0.977. The van der Waals surface area contributed by atoms with Crippen LogP contribution in [0.3, 0.4) is 0 Å². The van der Waals surface area contributed by atoms with Gasteiger partial charge in [0.05, 0.1) is 12.6 Å². The Morgan fingerprint density at radius 1 is 1.11 bits per heavy atom. The lowest BCUT2D eigenvalue weighted by Gasteiger charge is -2.13. The molecular weight excluding hydrogens is 240 g/mol. The largest absolute Gasteiger partial charge is 0.407 e. The maximum absolute atomic E-state index is 5.43. The minimum atomic E-state index is 0.104. The van der Waals surface area contributed by atoms with E-state index in [1.807, 2.05) is 0 Å². The zero-order valence-electron chi connectivity index (χ0n) is 11.6. The maximum atomic E-state index is 5.43. The Balaban J connectivity index is 2.04. The van der Waals surface area contributed by atoms with Crippen molar-refractivity contribution in [2.24, 2.45) is 5.73 Å². The molecule has 19 heavy (non-hydrogen) atoms. The van der Waals surface area contributed by atoms with Crippen molar-refractivity contribution >= 4 is 6.01 Å². The summed E-state index contributed by atoms with van der Waals surface area (Å²) in [6, 6.07) is 9.04. The zero-order chi connectivity index (χ0) is 13.8. The van der Waals surface area contributed by atoms with Crippen LogP contribution in [-0.2, 0) is 6.54 Å². The smallest absolute Gasteiger partial charge is 0.315 e. The Morgan fingerprint density at radius 2 is 1.74 bits per heavy atom. The van der Waals surface area contributed by atoms with Gasteiger partial charge in [0, 0.05) is 0 Å². The average molecular weight is 260 g/mol. The van der Waals surface area contributed by atoms with Gasteiger partial charge in [0.2, 0.25) is 5.89 Å². The number of anilines is 1. The van der Waals surface area contributed by atoms with Gasteiger partial charge in [-0.2, -0.15) is 0 Å². The lowest BCUT2D eigenvalue weighted by Crippen LogP contribution is -2.07. The Bertz CT molecular complexity index is 518. The molecule has 2 rings (SSSR count). The van der Waals surface area contributed by atoms with E-state index in [4.69, 9.17) is 10.2 Å². The highest BCUT2D eigenvalue weighted by Crippen LogP contribution is 2.21. The van der Waals surface area contributed by atoms with Gasteiger partial charge in [0.1, 0.15) is 0 Å². The normalized spacial score (nSPS) is 12.7. The van der Waals surface area contributed by atoms with E-state index in [-0.39, 0.29) is 12.6 Å². The summed E-state index contributed by atoms with van der Waals surface area (Å²) in [4.78, 5) is 0. The number of aromatic nitrogens is 2. The molecule has 0 radical (unpaired) electrons. The van der Waals surface area contributed by atoms with E-state index in [1.165, 1.54) is 11.1 Å². The third-order valence-corrected chi connectivity index (χ3v) is 3.08. The van der Waals surface area contributed by atoms with Crippen molar-refractivity contribution in [1.29, 1.82) is 0 Å². The number of nitrogens with zero attached hydrogens (tertiary/aromatic N) is 2. The van der Waals surface area contributed by atoms with Crippen LogP contribution in [0.4, 0.5) is 6.01 Å². The molecule has 1 unspecified atom stereocenters. The molecule has 1 aromatic carbocycles. The highest BCUT2D eigenvalue weighted by Gasteiger charge is 2.10. The first-order valence-electron chi connectivity index (χ1n) is 6.49. The first kappa shape index (κ1) is 13.5. The first-order valence-corrected chi connectivity index (χ1v) is 6.49. The minimum Gasteiger partial charge on any atom is -0.407 e. The van der Waals surface area contributed by atoms with Gasteiger partial charge in [-0.05, 0) is 24.0 Å². The van der Waals surface area contributed by atoms with Crippen molar-refractivity contribution in [1.82, 2.24) is 10.2 Å². The Morgan fingerprint density at radius 3 is 2.26 bits per heavy atom. The molecule has 102 valence electrons.